The number of carbonyl (C=O) groups is 1. The fourth-order valence-corrected chi connectivity index (χ4v) is 4.28. The number of aromatic nitrogens is 2. The lowest BCUT2D eigenvalue weighted by atomic mass is 10.1. The first-order valence-electron chi connectivity index (χ1n) is 9.62. The molecule has 2 heterocycles. The summed E-state index contributed by atoms with van der Waals surface area (Å²) >= 11 is 1.25. The number of benzene rings is 2. The van der Waals surface area contributed by atoms with Crippen LogP contribution in [0.1, 0.15) is 26.4 Å². The summed E-state index contributed by atoms with van der Waals surface area (Å²) in [5, 5.41) is 9.40. The van der Waals surface area contributed by atoms with Crippen molar-refractivity contribution in [3.8, 4) is 11.8 Å². The zero-order valence-electron chi connectivity index (χ0n) is 17.0. The van der Waals surface area contributed by atoms with Gasteiger partial charge in [0, 0.05) is 13.5 Å². The molecule has 32 heavy (non-hydrogen) atoms. The van der Waals surface area contributed by atoms with E-state index in [4.69, 9.17) is 5.11 Å². The summed E-state index contributed by atoms with van der Waals surface area (Å²) < 4.78 is 15.8. The van der Waals surface area contributed by atoms with E-state index in [-0.39, 0.29) is 17.9 Å². The van der Waals surface area contributed by atoms with Crippen molar-refractivity contribution in [3.63, 3.8) is 0 Å². The monoisotopic (exact) mass is 448 g/mol. The molecule has 6 nitrogen and oxygen atoms in total. The molecule has 8 heteroatoms. The Morgan fingerprint density at radius 2 is 1.84 bits per heavy atom. The fraction of sp³-hybridized carbons (Fsp3) is 0.125. The first-order valence-corrected chi connectivity index (χ1v) is 10.4. The topological polar surface area (TPSA) is 81.3 Å². The van der Waals surface area contributed by atoms with Crippen LogP contribution >= 0.6 is 11.3 Å². The summed E-state index contributed by atoms with van der Waals surface area (Å²) in [4.78, 5) is 37.9. The maximum atomic E-state index is 13.3. The van der Waals surface area contributed by atoms with E-state index < -0.39 is 17.2 Å². The Morgan fingerprint density at radius 3 is 2.53 bits per heavy atom. The fourth-order valence-electron chi connectivity index (χ4n) is 3.30. The number of hydrogen-bond acceptors (Lipinski definition) is 4. The Balaban J connectivity index is 1.67. The molecule has 4 aromatic rings. The van der Waals surface area contributed by atoms with Gasteiger partial charge in [-0.25, -0.2) is 14.0 Å². The molecule has 0 unspecified atom stereocenters. The minimum atomic E-state index is -1.05. The van der Waals surface area contributed by atoms with E-state index in [1.54, 1.807) is 37.4 Å². The number of carboxylic acids is 1. The van der Waals surface area contributed by atoms with Crippen LogP contribution in [-0.4, -0.2) is 20.2 Å². The van der Waals surface area contributed by atoms with Gasteiger partial charge < -0.3 is 5.11 Å². The molecular formula is C24H17FN2O4S. The van der Waals surface area contributed by atoms with Gasteiger partial charge in [0.05, 0.1) is 22.4 Å². The SMILES string of the molecule is Cn1c(=O)n(Cc2ccc(C(=O)O)cc2)c(=O)c2cc(C#CCc3cccc(F)c3)sc21. The van der Waals surface area contributed by atoms with Crippen LogP contribution in [0.15, 0.2) is 64.2 Å². The highest BCUT2D eigenvalue weighted by Gasteiger charge is 2.14. The Kier molecular flexibility index (Phi) is 5.75. The average molecular weight is 448 g/mol. The first-order chi connectivity index (χ1) is 15.3. The van der Waals surface area contributed by atoms with Crippen LogP contribution in [-0.2, 0) is 20.0 Å². The molecule has 0 saturated carbocycles. The van der Waals surface area contributed by atoms with E-state index in [0.717, 1.165) is 10.1 Å². The maximum Gasteiger partial charge on any atom is 0.335 e. The van der Waals surface area contributed by atoms with Crippen LogP contribution in [0.25, 0.3) is 10.2 Å². The van der Waals surface area contributed by atoms with Crippen molar-refractivity contribution in [1.29, 1.82) is 0 Å². The predicted octanol–water partition coefficient (Wildman–Crippen LogP) is 3.24. The highest BCUT2D eigenvalue weighted by molar-refractivity contribution is 7.19. The summed E-state index contributed by atoms with van der Waals surface area (Å²) in [6.45, 7) is 0.0256. The molecule has 0 aliphatic heterocycles. The first kappa shape index (κ1) is 21.3. The molecule has 0 aliphatic carbocycles. The third kappa shape index (κ3) is 4.24. The van der Waals surface area contributed by atoms with Crippen molar-refractivity contribution < 1.29 is 14.3 Å². The summed E-state index contributed by atoms with van der Waals surface area (Å²) in [7, 11) is 1.59. The number of halogens is 1. The van der Waals surface area contributed by atoms with Gasteiger partial charge in [-0.15, -0.1) is 11.3 Å². The number of fused-ring (bicyclic) bond motifs is 1. The molecule has 0 atom stereocenters. The van der Waals surface area contributed by atoms with Gasteiger partial charge in [0.15, 0.2) is 0 Å². The lowest BCUT2D eigenvalue weighted by molar-refractivity contribution is 0.0697. The largest absolute Gasteiger partial charge is 0.478 e. The number of aryl methyl sites for hydroxylation is 1. The Labute approximate surface area is 185 Å². The smallest absolute Gasteiger partial charge is 0.335 e. The lowest BCUT2D eigenvalue weighted by Crippen LogP contribution is -2.38. The van der Waals surface area contributed by atoms with Crippen molar-refractivity contribution in [2.24, 2.45) is 7.05 Å². The van der Waals surface area contributed by atoms with Gasteiger partial charge in [-0.1, -0.05) is 36.1 Å². The zero-order chi connectivity index (χ0) is 22.8. The molecule has 2 aromatic heterocycles. The average Bonchev–Trinajstić information content (AvgIpc) is 3.20. The van der Waals surface area contributed by atoms with Crippen LogP contribution in [0.3, 0.4) is 0 Å². The standard InChI is InChI=1S/C24H17FN2O4S/c1-26-22-20(13-19(32-22)7-3-5-15-4-2-6-18(25)12-15)21(28)27(24(26)31)14-16-8-10-17(11-9-16)23(29)30/h2,4,6,8-13H,5,14H2,1H3,(H,29,30). The number of carboxylic acid groups (broad SMARTS) is 1. The third-order valence-electron chi connectivity index (χ3n) is 4.95. The second-order valence-electron chi connectivity index (χ2n) is 7.17. The van der Waals surface area contributed by atoms with Crippen molar-refractivity contribution in [3.05, 3.63) is 103 Å². The molecule has 0 radical (unpaired) electrons. The zero-order valence-corrected chi connectivity index (χ0v) is 17.8. The van der Waals surface area contributed by atoms with Crippen LogP contribution in [0.5, 0.6) is 0 Å². The summed E-state index contributed by atoms with van der Waals surface area (Å²) in [5.41, 5.74) is 0.621. The second kappa shape index (κ2) is 8.65. The number of aromatic carboxylic acids is 1. The molecular weight excluding hydrogens is 431 g/mol. The molecule has 160 valence electrons. The van der Waals surface area contributed by atoms with Gasteiger partial charge in [-0.3, -0.25) is 13.9 Å². The van der Waals surface area contributed by atoms with E-state index in [1.807, 2.05) is 0 Å². The number of hydrogen-bond donors (Lipinski definition) is 1. The molecule has 0 amide bonds. The number of nitrogens with zero attached hydrogens (tertiary/aromatic N) is 2. The van der Waals surface area contributed by atoms with E-state index in [9.17, 15) is 18.8 Å². The quantitative estimate of drug-likeness (QED) is 0.486. The van der Waals surface area contributed by atoms with Gasteiger partial charge in [0.2, 0.25) is 0 Å². The van der Waals surface area contributed by atoms with Gasteiger partial charge in [-0.05, 0) is 41.5 Å². The summed E-state index contributed by atoms with van der Waals surface area (Å²) in [6.07, 6.45) is 0.363. The molecule has 1 N–H and O–H groups in total. The Bertz CT molecular complexity index is 1520. The van der Waals surface area contributed by atoms with Gasteiger partial charge >= 0.3 is 11.7 Å². The van der Waals surface area contributed by atoms with Crippen molar-refractivity contribution in [2.45, 2.75) is 13.0 Å². The van der Waals surface area contributed by atoms with Crippen LogP contribution in [0.2, 0.25) is 0 Å². The third-order valence-corrected chi connectivity index (χ3v) is 6.07. The normalized spacial score (nSPS) is 10.7. The number of thiophene rings is 1. The predicted molar refractivity (Wildman–Crippen MR) is 121 cm³/mol. The van der Waals surface area contributed by atoms with Crippen molar-refractivity contribution in [1.82, 2.24) is 9.13 Å². The van der Waals surface area contributed by atoms with Crippen LogP contribution < -0.4 is 11.2 Å². The van der Waals surface area contributed by atoms with Crippen molar-refractivity contribution >= 4 is 27.5 Å². The Hall–Kier alpha value is -3.96. The lowest BCUT2D eigenvalue weighted by Gasteiger charge is -2.08. The molecule has 0 aliphatic rings. The minimum Gasteiger partial charge on any atom is -0.478 e. The molecule has 0 fully saturated rings. The molecule has 0 spiro atoms. The van der Waals surface area contributed by atoms with E-state index >= 15 is 0 Å². The van der Waals surface area contributed by atoms with E-state index in [2.05, 4.69) is 11.8 Å². The highest BCUT2D eigenvalue weighted by Crippen LogP contribution is 2.21. The second-order valence-corrected chi connectivity index (χ2v) is 8.20. The minimum absolute atomic E-state index is 0.0256. The van der Waals surface area contributed by atoms with Crippen LogP contribution in [0, 0.1) is 17.7 Å². The van der Waals surface area contributed by atoms with Crippen LogP contribution in [0.4, 0.5) is 4.39 Å². The molecule has 4 rings (SSSR count). The molecule has 0 bridgehead atoms. The molecule has 2 aromatic carbocycles. The van der Waals surface area contributed by atoms with E-state index in [1.165, 1.54) is 40.2 Å². The highest BCUT2D eigenvalue weighted by atomic mass is 32.1. The van der Waals surface area contributed by atoms with Gasteiger partial charge in [-0.2, -0.15) is 0 Å². The van der Waals surface area contributed by atoms with Gasteiger partial charge in [0.1, 0.15) is 10.6 Å². The van der Waals surface area contributed by atoms with Gasteiger partial charge in [0.25, 0.3) is 5.56 Å². The van der Waals surface area contributed by atoms with Crippen molar-refractivity contribution in [2.75, 3.05) is 0 Å². The maximum absolute atomic E-state index is 13.3. The molecule has 0 saturated heterocycles. The van der Waals surface area contributed by atoms with E-state index in [0.29, 0.717) is 27.1 Å². The Morgan fingerprint density at radius 1 is 1.09 bits per heavy atom. The summed E-state index contributed by atoms with van der Waals surface area (Å²) in [5.74, 6) is 4.60. The summed E-state index contributed by atoms with van der Waals surface area (Å²) in [6, 6.07) is 13.9. The number of rotatable bonds is 4.